The normalized spacial score (nSPS) is 12.9. The molecular formula is C21H36N4O4S. The molecule has 3 N–H and O–H groups in total. The quantitative estimate of drug-likeness (QED) is 0.309. The van der Waals surface area contributed by atoms with Gasteiger partial charge in [0, 0.05) is 20.1 Å². The summed E-state index contributed by atoms with van der Waals surface area (Å²) < 4.78 is 29.8. The maximum Gasteiger partial charge on any atom is 0.408 e. The largest absolute Gasteiger partial charge is 0.444 e. The summed E-state index contributed by atoms with van der Waals surface area (Å²) in [5.41, 5.74) is -0.340. The highest BCUT2D eigenvalue weighted by Gasteiger charge is 2.24. The Kier molecular flexibility index (Phi) is 9.61. The molecule has 0 radical (unpaired) electrons. The molecule has 0 aliphatic carbocycles. The van der Waals surface area contributed by atoms with Crippen molar-refractivity contribution in [3.63, 3.8) is 0 Å². The lowest BCUT2D eigenvalue weighted by molar-refractivity contribution is 0.0474. The molecule has 0 aliphatic heterocycles. The van der Waals surface area contributed by atoms with Crippen LogP contribution in [0.1, 0.15) is 46.6 Å². The van der Waals surface area contributed by atoms with Gasteiger partial charge >= 0.3 is 6.09 Å². The van der Waals surface area contributed by atoms with E-state index in [1.165, 1.54) is 0 Å². The Bertz CT molecular complexity index is 800. The minimum absolute atomic E-state index is 0.0470. The summed E-state index contributed by atoms with van der Waals surface area (Å²) >= 11 is 0. The summed E-state index contributed by atoms with van der Waals surface area (Å²) in [6.07, 6.45) is -0.0176. The zero-order valence-electron chi connectivity index (χ0n) is 18.9. The van der Waals surface area contributed by atoms with E-state index in [1.54, 1.807) is 7.05 Å². The summed E-state index contributed by atoms with van der Waals surface area (Å²) in [7, 11) is -1.53. The van der Waals surface area contributed by atoms with E-state index in [0.717, 1.165) is 5.56 Å². The molecule has 0 bridgehead atoms. The number of ether oxygens (including phenoxy) is 1. The number of amides is 1. The molecule has 9 heteroatoms. The molecule has 1 aromatic carbocycles. The number of alkyl carbamates (subject to hydrolysis) is 1. The lowest BCUT2D eigenvalue weighted by Crippen LogP contribution is -2.54. The third-order valence-corrected chi connectivity index (χ3v) is 5.60. The van der Waals surface area contributed by atoms with Crippen LogP contribution in [0.4, 0.5) is 4.79 Å². The molecule has 1 amide bonds. The van der Waals surface area contributed by atoms with Gasteiger partial charge in [-0.1, -0.05) is 30.3 Å². The van der Waals surface area contributed by atoms with Gasteiger partial charge in [-0.15, -0.1) is 0 Å². The van der Waals surface area contributed by atoms with Crippen LogP contribution < -0.4 is 16.0 Å². The fourth-order valence-electron chi connectivity index (χ4n) is 2.55. The molecule has 1 aromatic rings. The third-order valence-electron chi connectivity index (χ3n) is 3.91. The van der Waals surface area contributed by atoms with Crippen LogP contribution in [-0.4, -0.2) is 57.5 Å². The van der Waals surface area contributed by atoms with Crippen LogP contribution in [0.15, 0.2) is 35.3 Å². The number of sulfone groups is 1. The van der Waals surface area contributed by atoms with E-state index in [1.807, 2.05) is 65.0 Å². The summed E-state index contributed by atoms with van der Waals surface area (Å²) in [5.74, 6) is 0.678. The number of rotatable bonds is 9. The van der Waals surface area contributed by atoms with Crippen LogP contribution in [0.5, 0.6) is 0 Å². The zero-order chi connectivity index (χ0) is 22.8. The highest BCUT2D eigenvalue weighted by atomic mass is 32.2. The average Bonchev–Trinajstić information content (AvgIpc) is 2.59. The Morgan fingerprint density at radius 2 is 1.70 bits per heavy atom. The maximum atomic E-state index is 12.2. The molecule has 0 spiro atoms. The molecule has 1 rings (SSSR count). The number of nitrogens with one attached hydrogen (secondary N) is 3. The van der Waals surface area contributed by atoms with Crippen molar-refractivity contribution >= 4 is 21.9 Å². The minimum atomic E-state index is -3.17. The van der Waals surface area contributed by atoms with E-state index in [0.29, 0.717) is 25.5 Å². The topological polar surface area (TPSA) is 109 Å². The fraction of sp³-hybridized carbons (Fsp3) is 0.619. The molecule has 0 unspecified atom stereocenters. The second-order valence-corrected chi connectivity index (χ2v) is 11.0. The third kappa shape index (κ3) is 11.6. The highest BCUT2D eigenvalue weighted by Crippen LogP contribution is 2.09. The van der Waals surface area contributed by atoms with Gasteiger partial charge < -0.3 is 20.7 Å². The molecule has 30 heavy (non-hydrogen) atoms. The van der Waals surface area contributed by atoms with E-state index in [2.05, 4.69) is 20.9 Å². The second kappa shape index (κ2) is 11.2. The molecule has 0 aromatic heterocycles. The Hall–Kier alpha value is -2.29. The van der Waals surface area contributed by atoms with Gasteiger partial charge in [-0.3, -0.25) is 4.99 Å². The fourth-order valence-corrected chi connectivity index (χ4v) is 3.98. The average molecular weight is 441 g/mol. The van der Waals surface area contributed by atoms with Crippen molar-refractivity contribution in [2.75, 3.05) is 25.9 Å². The molecule has 0 saturated heterocycles. The Balaban J connectivity index is 2.38. The van der Waals surface area contributed by atoms with Gasteiger partial charge in [-0.05, 0) is 46.6 Å². The van der Waals surface area contributed by atoms with Crippen LogP contribution in [0.2, 0.25) is 0 Å². The summed E-state index contributed by atoms with van der Waals surface area (Å²) in [6, 6.07) is 9.16. The van der Waals surface area contributed by atoms with Crippen molar-refractivity contribution in [2.24, 2.45) is 4.99 Å². The number of guanidine groups is 1. The van der Waals surface area contributed by atoms with Crippen molar-refractivity contribution < 1.29 is 17.9 Å². The minimum Gasteiger partial charge on any atom is -0.444 e. The Labute approximate surface area is 180 Å². The second-order valence-electron chi connectivity index (χ2n) is 8.79. The van der Waals surface area contributed by atoms with Crippen molar-refractivity contribution in [1.82, 2.24) is 16.0 Å². The van der Waals surface area contributed by atoms with Crippen LogP contribution in [0.3, 0.4) is 0 Å². The maximum absolute atomic E-state index is 12.2. The van der Waals surface area contributed by atoms with Gasteiger partial charge in [0.1, 0.15) is 5.60 Å². The number of carbonyl (C=O) groups excluding carboxylic acids is 1. The van der Waals surface area contributed by atoms with Crippen LogP contribution in [-0.2, 0) is 20.3 Å². The van der Waals surface area contributed by atoms with Gasteiger partial charge in [-0.2, -0.15) is 0 Å². The van der Waals surface area contributed by atoms with E-state index < -0.39 is 27.1 Å². The number of carbonyl (C=O) groups is 1. The van der Waals surface area contributed by atoms with Crippen LogP contribution >= 0.6 is 0 Å². The summed E-state index contributed by atoms with van der Waals surface area (Å²) in [4.78, 5) is 16.1. The summed E-state index contributed by atoms with van der Waals surface area (Å²) in [5, 5.41) is 9.05. The van der Waals surface area contributed by atoms with Gasteiger partial charge in [0.2, 0.25) is 0 Å². The number of benzene rings is 1. The summed E-state index contributed by atoms with van der Waals surface area (Å²) in [6.45, 7) is 10.0. The molecule has 0 atom stereocenters. The predicted octanol–water partition coefficient (Wildman–Crippen LogP) is 2.46. The SMILES string of the molecule is CN=C(NCCCS(=O)(=O)Cc1ccccc1)NCC(C)(C)NC(=O)OC(C)(C)C. The molecule has 0 heterocycles. The molecular weight excluding hydrogens is 404 g/mol. The van der Waals surface area contributed by atoms with Gasteiger partial charge in [-0.25, -0.2) is 13.2 Å². The van der Waals surface area contributed by atoms with Gasteiger partial charge in [0.25, 0.3) is 0 Å². The smallest absolute Gasteiger partial charge is 0.408 e. The van der Waals surface area contributed by atoms with E-state index >= 15 is 0 Å². The van der Waals surface area contributed by atoms with Crippen LogP contribution in [0.25, 0.3) is 0 Å². The molecule has 8 nitrogen and oxygen atoms in total. The number of hydrogen-bond acceptors (Lipinski definition) is 5. The first-order valence-electron chi connectivity index (χ1n) is 10.0. The first kappa shape index (κ1) is 25.7. The molecule has 170 valence electrons. The number of aliphatic imine (C=N–C) groups is 1. The first-order valence-corrected chi connectivity index (χ1v) is 11.8. The number of nitrogens with zero attached hydrogens (tertiary/aromatic N) is 1. The van der Waals surface area contributed by atoms with Crippen LogP contribution in [0, 0.1) is 0 Å². The monoisotopic (exact) mass is 440 g/mol. The van der Waals surface area contributed by atoms with Crippen molar-refractivity contribution in [3.05, 3.63) is 35.9 Å². The van der Waals surface area contributed by atoms with Gasteiger partial charge in [0.05, 0.1) is 17.0 Å². The molecule has 0 fully saturated rings. The Morgan fingerprint density at radius 1 is 1.07 bits per heavy atom. The standard InChI is InChI=1S/C21H36N4O4S/c1-20(2,3)29-19(26)25-21(4,5)16-24-18(22-6)23-13-10-14-30(27,28)15-17-11-8-7-9-12-17/h7-9,11-12H,10,13-16H2,1-6H3,(H,25,26)(H2,22,23,24). The highest BCUT2D eigenvalue weighted by molar-refractivity contribution is 7.90. The lowest BCUT2D eigenvalue weighted by Gasteiger charge is -2.29. The predicted molar refractivity (Wildman–Crippen MR) is 121 cm³/mol. The van der Waals surface area contributed by atoms with E-state index in [4.69, 9.17) is 4.74 Å². The Morgan fingerprint density at radius 3 is 2.27 bits per heavy atom. The zero-order valence-corrected chi connectivity index (χ0v) is 19.7. The van der Waals surface area contributed by atoms with E-state index in [-0.39, 0.29) is 11.5 Å². The van der Waals surface area contributed by atoms with E-state index in [9.17, 15) is 13.2 Å². The molecule has 0 saturated carbocycles. The lowest BCUT2D eigenvalue weighted by atomic mass is 10.1. The first-order chi connectivity index (χ1) is 13.8. The van der Waals surface area contributed by atoms with Gasteiger partial charge in [0.15, 0.2) is 15.8 Å². The molecule has 0 aliphatic rings. The number of hydrogen-bond donors (Lipinski definition) is 3. The van der Waals surface area contributed by atoms with Crippen molar-refractivity contribution in [3.8, 4) is 0 Å². The van der Waals surface area contributed by atoms with Crippen molar-refractivity contribution in [1.29, 1.82) is 0 Å². The van der Waals surface area contributed by atoms with Crippen molar-refractivity contribution in [2.45, 2.75) is 57.9 Å².